The SMILES string of the molecule is c1ccc(CNc2nccc(Nc3ccccc3N3CCOCC3)n2)nc1. The van der Waals surface area contributed by atoms with Gasteiger partial charge in [0.1, 0.15) is 5.82 Å². The predicted molar refractivity (Wildman–Crippen MR) is 106 cm³/mol. The van der Waals surface area contributed by atoms with Gasteiger partial charge in [-0.2, -0.15) is 4.98 Å². The van der Waals surface area contributed by atoms with Crippen molar-refractivity contribution in [3.8, 4) is 0 Å². The van der Waals surface area contributed by atoms with Crippen molar-refractivity contribution >= 4 is 23.1 Å². The second-order valence-electron chi connectivity index (χ2n) is 6.18. The van der Waals surface area contributed by atoms with Crippen LogP contribution < -0.4 is 15.5 Å². The summed E-state index contributed by atoms with van der Waals surface area (Å²) in [5.41, 5.74) is 3.12. The van der Waals surface area contributed by atoms with Gasteiger partial charge in [-0.25, -0.2) is 4.98 Å². The first-order chi connectivity index (χ1) is 13.4. The highest BCUT2D eigenvalue weighted by atomic mass is 16.5. The molecule has 0 unspecified atom stereocenters. The minimum absolute atomic E-state index is 0.564. The van der Waals surface area contributed by atoms with Gasteiger partial charge in [0.2, 0.25) is 5.95 Å². The van der Waals surface area contributed by atoms with Gasteiger partial charge in [0, 0.05) is 25.5 Å². The molecule has 2 N–H and O–H groups in total. The molecule has 138 valence electrons. The van der Waals surface area contributed by atoms with E-state index in [2.05, 4.69) is 48.7 Å². The summed E-state index contributed by atoms with van der Waals surface area (Å²) in [5.74, 6) is 1.31. The zero-order chi connectivity index (χ0) is 18.3. The maximum Gasteiger partial charge on any atom is 0.224 e. The topological polar surface area (TPSA) is 75.2 Å². The van der Waals surface area contributed by atoms with Gasteiger partial charge in [0.05, 0.1) is 36.8 Å². The van der Waals surface area contributed by atoms with E-state index in [-0.39, 0.29) is 0 Å². The van der Waals surface area contributed by atoms with Crippen LogP contribution in [0.15, 0.2) is 60.9 Å². The highest BCUT2D eigenvalue weighted by molar-refractivity contribution is 5.74. The molecule has 0 aliphatic carbocycles. The number of para-hydroxylation sites is 2. The van der Waals surface area contributed by atoms with Crippen LogP contribution in [-0.2, 0) is 11.3 Å². The fourth-order valence-corrected chi connectivity index (χ4v) is 2.98. The lowest BCUT2D eigenvalue weighted by Gasteiger charge is -2.30. The quantitative estimate of drug-likeness (QED) is 0.698. The highest BCUT2D eigenvalue weighted by Gasteiger charge is 2.14. The number of hydrogen-bond acceptors (Lipinski definition) is 7. The summed E-state index contributed by atoms with van der Waals surface area (Å²) in [7, 11) is 0. The number of nitrogens with zero attached hydrogens (tertiary/aromatic N) is 4. The van der Waals surface area contributed by atoms with Crippen molar-refractivity contribution < 1.29 is 4.74 Å². The lowest BCUT2D eigenvalue weighted by atomic mass is 10.2. The Morgan fingerprint density at radius 3 is 2.63 bits per heavy atom. The van der Waals surface area contributed by atoms with Crippen LogP contribution in [0, 0.1) is 0 Å². The predicted octanol–water partition coefficient (Wildman–Crippen LogP) is 3.06. The van der Waals surface area contributed by atoms with Crippen molar-refractivity contribution in [3.05, 3.63) is 66.6 Å². The maximum absolute atomic E-state index is 5.46. The van der Waals surface area contributed by atoms with Gasteiger partial charge in [0.25, 0.3) is 0 Å². The van der Waals surface area contributed by atoms with Crippen LogP contribution in [0.2, 0.25) is 0 Å². The Morgan fingerprint density at radius 1 is 0.926 bits per heavy atom. The van der Waals surface area contributed by atoms with Crippen LogP contribution in [0.3, 0.4) is 0 Å². The number of anilines is 4. The lowest BCUT2D eigenvalue weighted by Crippen LogP contribution is -2.36. The van der Waals surface area contributed by atoms with Crippen molar-refractivity contribution in [2.45, 2.75) is 6.54 Å². The number of nitrogens with one attached hydrogen (secondary N) is 2. The molecule has 1 saturated heterocycles. The largest absolute Gasteiger partial charge is 0.378 e. The molecule has 0 saturated carbocycles. The molecule has 3 heterocycles. The van der Waals surface area contributed by atoms with Gasteiger partial charge >= 0.3 is 0 Å². The molecule has 3 aromatic rings. The Morgan fingerprint density at radius 2 is 1.78 bits per heavy atom. The fraction of sp³-hybridized carbons (Fsp3) is 0.250. The Balaban J connectivity index is 1.47. The van der Waals surface area contributed by atoms with E-state index in [9.17, 15) is 0 Å². The molecule has 1 aliphatic rings. The molecule has 4 rings (SSSR count). The Labute approximate surface area is 158 Å². The monoisotopic (exact) mass is 362 g/mol. The normalized spacial score (nSPS) is 14.0. The van der Waals surface area contributed by atoms with E-state index >= 15 is 0 Å². The van der Waals surface area contributed by atoms with Crippen LogP contribution in [0.25, 0.3) is 0 Å². The molecule has 7 nitrogen and oxygen atoms in total. The molecular weight excluding hydrogens is 340 g/mol. The first-order valence-electron chi connectivity index (χ1n) is 9.04. The molecule has 0 bridgehead atoms. The second-order valence-corrected chi connectivity index (χ2v) is 6.18. The number of hydrogen-bond donors (Lipinski definition) is 2. The zero-order valence-corrected chi connectivity index (χ0v) is 15.0. The van der Waals surface area contributed by atoms with E-state index in [1.54, 1.807) is 12.4 Å². The van der Waals surface area contributed by atoms with E-state index in [1.807, 2.05) is 30.3 Å². The number of aromatic nitrogens is 3. The Bertz CT molecular complexity index is 867. The van der Waals surface area contributed by atoms with Gasteiger partial charge in [-0.15, -0.1) is 0 Å². The average molecular weight is 362 g/mol. The minimum Gasteiger partial charge on any atom is -0.378 e. The molecule has 0 amide bonds. The van der Waals surface area contributed by atoms with Crippen LogP contribution >= 0.6 is 0 Å². The van der Waals surface area contributed by atoms with Crippen molar-refractivity contribution in [3.63, 3.8) is 0 Å². The molecule has 7 heteroatoms. The molecule has 0 spiro atoms. The highest BCUT2D eigenvalue weighted by Crippen LogP contribution is 2.28. The third kappa shape index (κ3) is 4.51. The van der Waals surface area contributed by atoms with Gasteiger partial charge in [-0.3, -0.25) is 4.98 Å². The van der Waals surface area contributed by atoms with Crippen LogP contribution in [-0.4, -0.2) is 41.3 Å². The van der Waals surface area contributed by atoms with E-state index in [0.717, 1.165) is 49.2 Å². The summed E-state index contributed by atoms with van der Waals surface area (Å²) in [5, 5.41) is 6.63. The Kier molecular flexibility index (Phi) is 5.40. The molecule has 0 atom stereocenters. The smallest absolute Gasteiger partial charge is 0.224 e. The third-order valence-corrected chi connectivity index (χ3v) is 4.33. The standard InChI is InChI=1S/C20H22N6O/c1-2-7-18(26-11-13-27-14-12-26)17(6-1)24-19-8-10-22-20(25-19)23-15-16-5-3-4-9-21-16/h1-10H,11-15H2,(H2,22,23,24,25). The molecule has 27 heavy (non-hydrogen) atoms. The summed E-state index contributed by atoms with van der Waals surface area (Å²) in [6.07, 6.45) is 3.52. The molecule has 1 fully saturated rings. The van der Waals surface area contributed by atoms with E-state index in [0.29, 0.717) is 12.5 Å². The number of ether oxygens (including phenoxy) is 1. The van der Waals surface area contributed by atoms with Crippen molar-refractivity contribution in [1.29, 1.82) is 0 Å². The van der Waals surface area contributed by atoms with E-state index in [1.165, 1.54) is 0 Å². The summed E-state index contributed by atoms with van der Waals surface area (Å²) >= 11 is 0. The van der Waals surface area contributed by atoms with Crippen LogP contribution in [0.5, 0.6) is 0 Å². The molecule has 2 aromatic heterocycles. The molecule has 0 radical (unpaired) electrons. The summed E-state index contributed by atoms with van der Waals surface area (Å²) in [6, 6.07) is 15.9. The fourth-order valence-electron chi connectivity index (χ4n) is 2.98. The summed E-state index contributed by atoms with van der Waals surface area (Å²) < 4.78 is 5.46. The van der Waals surface area contributed by atoms with Gasteiger partial charge in [0.15, 0.2) is 0 Å². The first kappa shape index (κ1) is 17.2. The van der Waals surface area contributed by atoms with Gasteiger partial charge in [-0.1, -0.05) is 18.2 Å². The summed E-state index contributed by atoms with van der Waals surface area (Å²) in [4.78, 5) is 15.5. The zero-order valence-electron chi connectivity index (χ0n) is 15.0. The second kappa shape index (κ2) is 8.46. The number of morpholine rings is 1. The maximum atomic E-state index is 5.46. The first-order valence-corrected chi connectivity index (χ1v) is 9.04. The number of benzene rings is 1. The summed E-state index contributed by atoms with van der Waals surface area (Å²) in [6.45, 7) is 3.86. The molecule has 1 aliphatic heterocycles. The van der Waals surface area contributed by atoms with Crippen LogP contribution in [0.1, 0.15) is 5.69 Å². The Hall–Kier alpha value is -3.19. The van der Waals surface area contributed by atoms with Crippen molar-refractivity contribution in [1.82, 2.24) is 15.0 Å². The van der Waals surface area contributed by atoms with Gasteiger partial charge in [-0.05, 0) is 30.3 Å². The van der Waals surface area contributed by atoms with Crippen molar-refractivity contribution in [2.24, 2.45) is 0 Å². The van der Waals surface area contributed by atoms with Gasteiger partial charge < -0.3 is 20.3 Å². The molecule has 1 aromatic carbocycles. The van der Waals surface area contributed by atoms with Crippen LogP contribution in [0.4, 0.5) is 23.1 Å². The van der Waals surface area contributed by atoms with E-state index in [4.69, 9.17) is 4.74 Å². The minimum atomic E-state index is 0.564. The number of pyridine rings is 1. The van der Waals surface area contributed by atoms with Crippen molar-refractivity contribution in [2.75, 3.05) is 41.8 Å². The third-order valence-electron chi connectivity index (χ3n) is 4.33. The molecular formula is C20H22N6O. The van der Waals surface area contributed by atoms with E-state index < -0.39 is 0 Å². The average Bonchev–Trinajstić information content (AvgIpc) is 2.74. The lowest BCUT2D eigenvalue weighted by molar-refractivity contribution is 0.123. The number of rotatable bonds is 6.